The largest absolute Gasteiger partial charge is 0.423 e. The average Bonchev–Trinajstić information content (AvgIpc) is 2.59. The molecule has 0 aliphatic rings. The first-order valence-electron chi connectivity index (χ1n) is 7.04. The van der Waals surface area contributed by atoms with E-state index < -0.39 is 17.8 Å². The van der Waals surface area contributed by atoms with Crippen LogP contribution in [0, 0.1) is 12.7 Å². The molecule has 0 saturated heterocycles. The summed E-state index contributed by atoms with van der Waals surface area (Å²) in [6, 6.07) is 9.62. The van der Waals surface area contributed by atoms with Crippen molar-refractivity contribution in [3.63, 3.8) is 0 Å². The maximum Gasteiger partial charge on any atom is 0.335 e. The van der Waals surface area contributed by atoms with Crippen LogP contribution in [0.5, 0.6) is 11.5 Å². The Bertz CT molecular complexity index is 807. The summed E-state index contributed by atoms with van der Waals surface area (Å²) in [5.74, 6) is -1.70. The second kappa shape index (κ2) is 7.37. The summed E-state index contributed by atoms with van der Waals surface area (Å²) >= 11 is 0. The Kier molecular flexibility index (Phi) is 5.27. The van der Waals surface area contributed by atoms with Crippen molar-refractivity contribution < 1.29 is 23.5 Å². The van der Waals surface area contributed by atoms with E-state index in [1.165, 1.54) is 6.07 Å². The van der Waals surface area contributed by atoms with Gasteiger partial charge in [0.05, 0.1) is 0 Å². The molecule has 5 heteroatoms. The van der Waals surface area contributed by atoms with Gasteiger partial charge in [0, 0.05) is 12.2 Å². The summed E-state index contributed by atoms with van der Waals surface area (Å²) < 4.78 is 24.2. The molecule has 0 aromatic heterocycles. The lowest BCUT2D eigenvalue weighted by Gasteiger charge is -2.11. The summed E-state index contributed by atoms with van der Waals surface area (Å²) in [6.07, 6.45) is 2.03. The van der Waals surface area contributed by atoms with Crippen LogP contribution in [0.25, 0.3) is 11.1 Å². The van der Waals surface area contributed by atoms with Crippen molar-refractivity contribution in [2.24, 2.45) is 0 Å². The van der Waals surface area contributed by atoms with Gasteiger partial charge >= 0.3 is 11.9 Å². The number of benzene rings is 2. The standard InChI is InChI=1S/C19H15FO4/c1-4-17(21)23-14-8-6-13(7-9-14)15-10-11-16(19(20)12(15)3)24-18(22)5-2/h4-11H,1-2H2,3H3. The second-order valence-corrected chi connectivity index (χ2v) is 4.83. The number of hydrogen-bond donors (Lipinski definition) is 0. The molecule has 2 aromatic carbocycles. The van der Waals surface area contributed by atoms with Crippen molar-refractivity contribution in [3.05, 3.63) is 73.1 Å². The van der Waals surface area contributed by atoms with Crippen LogP contribution in [0.1, 0.15) is 5.56 Å². The third-order valence-electron chi connectivity index (χ3n) is 3.28. The molecule has 4 nitrogen and oxygen atoms in total. The highest BCUT2D eigenvalue weighted by Crippen LogP contribution is 2.31. The molecular formula is C19H15FO4. The van der Waals surface area contributed by atoms with Gasteiger partial charge < -0.3 is 9.47 Å². The van der Waals surface area contributed by atoms with Crippen LogP contribution in [0.3, 0.4) is 0 Å². The normalized spacial score (nSPS) is 9.92. The van der Waals surface area contributed by atoms with Crippen molar-refractivity contribution in [2.45, 2.75) is 6.92 Å². The van der Waals surface area contributed by atoms with Gasteiger partial charge in [-0.3, -0.25) is 0 Å². The van der Waals surface area contributed by atoms with Crippen LogP contribution in [0.2, 0.25) is 0 Å². The molecule has 2 rings (SSSR count). The summed E-state index contributed by atoms with van der Waals surface area (Å²) in [4.78, 5) is 22.3. The van der Waals surface area contributed by atoms with Crippen molar-refractivity contribution in [3.8, 4) is 22.6 Å². The van der Waals surface area contributed by atoms with E-state index in [1.54, 1.807) is 37.3 Å². The predicted octanol–water partition coefficient (Wildman–Crippen LogP) is 3.98. The Morgan fingerprint density at radius 3 is 2.12 bits per heavy atom. The third-order valence-corrected chi connectivity index (χ3v) is 3.28. The maximum absolute atomic E-state index is 14.3. The fourth-order valence-corrected chi connectivity index (χ4v) is 2.06. The molecule has 122 valence electrons. The number of hydrogen-bond acceptors (Lipinski definition) is 4. The van der Waals surface area contributed by atoms with Gasteiger partial charge in [-0.05, 0) is 41.8 Å². The molecule has 0 bridgehead atoms. The fraction of sp³-hybridized carbons (Fsp3) is 0.0526. The molecule has 0 atom stereocenters. The SMILES string of the molecule is C=CC(=O)Oc1ccc(-c2ccc(OC(=O)C=C)c(F)c2C)cc1. The topological polar surface area (TPSA) is 52.6 Å². The van der Waals surface area contributed by atoms with Gasteiger partial charge in [0.15, 0.2) is 11.6 Å². The number of carbonyl (C=O) groups excluding carboxylic acids is 2. The molecule has 0 radical (unpaired) electrons. The van der Waals surface area contributed by atoms with E-state index in [0.717, 1.165) is 17.7 Å². The number of carbonyl (C=O) groups is 2. The Hall–Kier alpha value is -3.21. The lowest BCUT2D eigenvalue weighted by molar-refractivity contribution is -0.130. The maximum atomic E-state index is 14.3. The number of rotatable bonds is 5. The minimum Gasteiger partial charge on any atom is -0.423 e. The van der Waals surface area contributed by atoms with E-state index in [4.69, 9.17) is 9.47 Å². The molecule has 0 heterocycles. The number of ether oxygens (including phenoxy) is 2. The molecule has 2 aromatic rings. The molecule has 0 amide bonds. The highest BCUT2D eigenvalue weighted by Gasteiger charge is 2.14. The zero-order valence-corrected chi connectivity index (χ0v) is 13.0. The van der Waals surface area contributed by atoms with Gasteiger partial charge in [-0.25, -0.2) is 14.0 Å². The van der Waals surface area contributed by atoms with Gasteiger partial charge in [-0.2, -0.15) is 0 Å². The lowest BCUT2D eigenvalue weighted by atomic mass is 10.00. The van der Waals surface area contributed by atoms with Gasteiger partial charge in [0.2, 0.25) is 0 Å². The fourth-order valence-electron chi connectivity index (χ4n) is 2.06. The highest BCUT2D eigenvalue weighted by atomic mass is 19.1. The zero-order chi connectivity index (χ0) is 17.7. The summed E-state index contributed by atoms with van der Waals surface area (Å²) in [6.45, 7) is 8.17. The van der Waals surface area contributed by atoms with Crippen LogP contribution in [-0.4, -0.2) is 11.9 Å². The van der Waals surface area contributed by atoms with E-state index in [-0.39, 0.29) is 5.75 Å². The molecule has 0 aliphatic carbocycles. The smallest absolute Gasteiger partial charge is 0.335 e. The van der Waals surface area contributed by atoms with E-state index in [9.17, 15) is 14.0 Å². The van der Waals surface area contributed by atoms with Crippen LogP contribution < -0.4 is 9.47 Å². The first-order valence-corrected chi connectivity index (χ1v) is 7.04. The zero-order valence-electron chi connectivity index (χ0n) is 13.0. The highest BCUT2D eigenvalue weighted by molar-refractivity contribution is 5.84. The number of esters is 2. The van der Waals surface area contributed by atoms with E-state index in [0.29, 0.717) is 16.9 Å². The summed E-state index contributed by atoms with van der Waals surface area (Å²) in [5, 5.41) is 0. The van der Waals surface area contributed by atoms with Gasteiger partial charge in [-0.15, -0.1) is 0 Å². The Morgan fingerprint density at radius 2 is 1.54 bits per heavy atom. The van der Waals surface area contributed by atoms with Crippen molar-refractivity contribution in [1.82, 2.24) is 0 Å². The van der Waals surface area contributed by atoms with E-state index in [2.05, 4.69) is 13.2 Å². The Morgan fingerprint density at radius 1 is 0.958 bits per heavy atom. The predicted molar refractivity (Wildman–Crippen MR) is 88.2 cm³/mol. The van der Waals surface area contributed by atoms with Crippen LogP contribution in [0.4, 0.5) is 4.39 Å². The molecule has 24 heavy (non-hydrogen) atoms. The van der Waals surface area contributed by atoms with Crippen LogP contribution >= 0.6 is 0 Å². The molecule has 0 fully saturated rings. The molecule has 0 aliphatic heterocycles. The first kappa shape index (κ1) is 17.1. The summed E-state index contributed by atoms with van der Waals surface area (Å²) in [7, 11) is 0. The summed E-state index contributed by atoms with van der Waals surface area (Å²) in [5.41, 5.74) is 1.69. The molecule has 0 spiro atoms. The van der Waals surface area contributed by atoms with Crippen LogP contribution in [-0.2, 0) is 9.59 Å². The van der Waals surface area contributed by atoms with Crippen molar-refractivity contribution in [1.29, 1.82) is 0 Å². The first-order chi connectivity index (χ1) is 11.5. The van der Waals surface area contributed by atoms with Crippen molar-refractivity contribution >= 4 is 11.9 Å². The van der Waals surface area contributed by atoms with Crippen molar-refractivity contribution in [2.75, 3.05) is 0 Å². The van der Waals surface area contributed by atoms with Crippen LogP contribution in [0.15, 0.2) is 61.7 Å². The third kappa shape index (κ3) is 3.76. The van der Waals surface area contributed by atoms with E-state index in [1.807, 2.05) is 0 Å². The minimum atomic E-state index is -0.727. The molecular weight excluding hydrogens is 311 g/mol. The molecule has 0 N–H and O–H groups in total. The lowest BCUT2D eigenvalue weighted by Crippen LogP contribution is -2.06. The van der Waals surface area contributed by atoms with E-state index >= 15 is 0 Å². The minimum absolute atomic E-state index is 0.155. The number of halogens is 1. The molecule has 0 saturated carbocycles. The van der Waals surface area contributed by atoms with Gasteiger partial charge in [0.1, 0.15) is 5.75 Å². The second-order valence-electron chi connectivity index (χ2n) is 4.83. The van der Waals surface area contributed by atoms with Gasteiger partial charge in [0.25, 0.3) is 0 Å². The monoisotopic (exact) mass is 326 g/mol. The molecule has 0 unspecified atom stereocenters. The Labute approximate surface area is 138 Å². The Balaban J connectivity index is 2.30. The quantitative estimate of drug-likeness (QED) is 0.474. The average molecular weight is 326 g/mol. The van der Waals surface area contributed by atoms with Gasteiger partial charge in [-0.1, -0.05) is 31.4 Å².